The first-order valence-corrected chi connectivity index (χ1v) is 8.00. The second-order valence-electron chi connectivity index (χ2n) is 5.69. The fraction of sp³-hybridized carbons (Fsp3) is 0.600. The molecule has 116 valence electrons. The van der Waals surface area contributed by atoms with Crippen LogP contribution in [0.15, 0.2) is 0 Å². The van der Waals surface area contributed by atoms with E-state index < -0.39 is 0 Å². The zero-order valence-corrected chi connectivity index (χ0v) is 14.8. The first-order chi connectivity index (χ1) is 9.81. The molecule has 0 unspecified atom stereocenters. The van der Waals surface area contributed by atoms with Gasteiger partial charge in [0.25, 0.3) is 0 Å². The molecule has 0 fully saturated rings. The summed E-state index contributed by atoms with van der Waals surface area (Å²) in [5, 5.41) is 9.27. The third-order valence-corrected chi connectivity index (χ3v) is 4.91. The fourth-order valence-corrected chi connectivity index (χ4v) is 3.71. The fourth-order valence-electron chi connectivity index (χ4n) is 2.75. The second kappa shape index (κ2) is 6.15. The van der Waals surface area contributed by atoms with Crippen molar-refractivity contribution in [2.24, 2.45) is 7.05 Å². The van der Waals surface area contributed by atoms with E-state index in [1.165, 1.54) is 10.4 Å². The van der Waals surface area contributed by atoms with Crippen LogP contribution in [0.4, 0.5) is 5.82 Å². The minimum atomic E-state index is 0.297. The molecule has 21 heavy (non-hydrogen) atoms. The number of nitrogens with zero attached hydrogens (tertiary/aromatic N) is 4. The Morgan fingerprint density at radius 2 is 1.90 bits per heavy atom. The largest absolute Gasteiger partial charge is 0.363 e. The highest BCUT2D eigenvalue weighted by molar-refractivity contribution is 7.11. The Hall–Kier alpha value is -1.40. The summed E-state index contributed by atoms with van der Waals surface area (Å²) < 4.78 is 1.94. The van der Waals surface area contributed by atoms with Crippen molar-refractivity contribution in [3.63, 3.8) is 0 Å². The average molecular weight is 307 g/mol. The molecule has 2 aromatic rings. The number of aromatic nitrogens is 3. The van der Waals surface area contributed by atoms with Gasteiger partial charge in [0.1, 0.15) is 5.82 Å². The maximum atomic E-state index is 4.53. The molecule has 1 atom stereocenters. The van der Waals surface area contributed by atoms with Crippen molar-refractivity contribution >= 4 is 17.2 Å². The molecule has 0 spiro atoms. The number of rotatable bonds is 5. The van der Waals surface area contributed by atoms with Gasteiger partial charge in [-0.25, -0.2) is 4.98 Å². The van der Waals surface area contributed by atoms with Crippen molar-refractivity contribution < 1.29 is 0 Å². The Bertz CT molecular complexity index is 626. The lowest BCUT2D eigenvalue weighted by molar-refractivity contribution is 0.578. The van der Waals surface area contributed by atoms with Gasteiger partial charge in [0, 0.05) is 44.2 Å². The van der Waals surface area contributed by atoms with E-state index in [9.17, 15) is 0 Å². The maximum absolute atomic E-state index is 4.53. The Kier molecular flexibility index (Phi) is 4.68. The van der Waals surface area contributed by atoms with Crippen LogP contribution in [0.2, 0.25) is 0 Å². The zero-order valence-electron chi connectivity index (χ0n) is 14.0. The molecule has 0 bridgehead atoms. The van der Waals surface area contributed by atoms with Gasteiger partial charge in [0.2, 0.25) is 0 Å². The molecular weight excluding hydrogens is 282 g/mol. The topological polar surface area (TPSA) is 46.0 Å². The molecule has 2 aromatic heterocycles. The SMILES string of the molecule is Cc1nc(C)c([C@@H](C)NCc2c(C)nn(C)c2N(C)C)s1. The minimum Gasteiger partial charge on any atom is -0.363 e. The number of hydrogen-bond acceptors (Lipinski definition) is 5. The molecular formula is C15H25N5S. The molecule has 0 saturated carbocycles. The van der Waals surface area contributed by atoms with E-state index >= 15 is 0 Å². The van der Waals surface area contributed by atoms with Gasteiger partial charge in [-0.05, 0) is 27.7 Å². The van der Waals surface area contributed by atoms with E-state index in [4.69, 9.17) is 0 Å². The van der Waals surface area contributed by atoms with Gasteiger partial charge in [-0.2, -0.15) is 5.10 Å². The van der Waals surface area contributed by atoms with Crippen molar-refractivity contribution in [2.75, 3.05) is 19.0 Å². The normalized spacial score (nSPS) is 12.7. The summed E-state index contributed by atoms with van der Waals surface area (Å²) in [7, 11) is 6.10. The predicted molar refractivity (Wildman–Crippen MR) is 89.1 cm³/mol. The van der Waals surface area contributed by atoms with Gasteiger partial charge in [-0.3, -0.25) is 4.68 Å². The van der Waals surface area contributed by atoms with Crippen LogP contribution in [0.3, 0.4) is 0 Å². The third kappa shape index (κ3) is 3.27. The van der Waals surface area contributed by atoms with Crippen LogP contribution < -0.4 is 10.2 Å². The molecule has 0 saturated heterocycles. The summed E-state index contributed by atoms with van der Waals surface area (Å²) in [6.45, 7) is 9.21. The molecule has 0 radical (unpaired) electrons. The quantitative estimate of drug-likeness (QED) is 0.922. The zero-order chi connectivity index (χ0) is 15.7. The standard InChI is InChI=1S/C15H25N5S/c1-9-13(15(19(5)6)20(7)18-9)8-16-10(2)14-11(3)17-12(4)21-14/h10,16H,8H2,1-7H3/t10-/m1/s1. The summed E-state index contributed by atoms with van der Waals surface area (Å²) in [5.74, 6) is 1.16. The van der Waals surface area contributed by atoms with E-state index in [2.05, 4.69) is 62.1 Å². The van der Waals surface area contributed by atoms with E-state index in [1.807, 2.05) is 11.7 Å². The lowest BCUT2D eigenvalue weighted by Gasteiger charge is -2.17. The summed E-state index contributed by atoms with van der Waals surface area (Å²) in [6.07, 6.45) is 0. The second-order valence-corrected chi connectivity index (χ2v) is 6.93. The molecule has 5 nitrogen and oxygen atoms in total. The molecule has 2 rings (SSSR count). The smallest absolute Gasteiger partial charge is 0.130 e. The first-order valence-electron chi connectivity index (χ1n) is 7.18. The van der Waals surface area contributed by atoms with Crippen LogP contribution in [0.5, 0.6) is 0 Å². The Balaban J connectivity index is 2.15. The van der Waals surface area contributed by atoms with E-state index in [-0.39, 0.29) is 0 Å². The van der Waals surface area contributed by atoms with Crippen molar-refractivity contribution in [3.05, 3.63) is 26.8 Å². The first kappa shape index (κ1) is 16.0. The van der Waals surface area contributed by atoms with Crippen LogP contribution in [-0.2, 0) is 13.6 Å². The molecule has 2 heterocycles. The van der Waals surface area contributed by atoms with Gasteiger partial charge < -0.3 is 10.2 Å². The van der Waals surface area contributed by atoms with E-state index in [0.29, 0.717) is 6.04 Å². The van der Waals surface area contributed by atoms with Crippen LogP contribution in [0, 0.1) is 20.8 Å². The van der Waals surface area contributed by atoms with Gasteiger partial charge in [0.15, 0.2) is 0 Å². The highest BCUT2D eigenvalue weighted by Crippen LogP contribution is 2.26. The summed E-state index contributed by atoms with van der Waals surface area (Å²) >= 11 is 1.77. The Morgan fingerprint density at radius 3 is 2.43 bits per heavy atom. The molecule has 0 amide bonds. The molecule has 0 aliphatic carbocycles. The predicted octanol–water partition coefficient (Wildman–Crippen LogP) is 2.72. The summed E-state index contributed by atoms with van der Waals surface area (Å²) in [4.78, 5) is 7.94. The highest BCUT2D eigenvalue weighted by atomic mass is 32.1. The van der Waals surface area contributed by atoms with Crippen molar-refractivity contribution in [3.8, 4) is 0 Å². The number of hydrogen-bond donors (Lipinski definition) is 1. The van der Waals surface area contributed by atoms with Gasteiger partial charge >= 0.3 is 0 Å². The van der Waals surface area contributed by atoms with E-state index in [0.717, 1.165) is 28.8 Å². The number of anilines is 1. The lowest BCUT2D eigenvalue weighted by Crippen LogP contribution is -2.21. The van der Waals surface area contributed by atoms with Crippen molar-refractivity contribution in [2.45, 2.75) is 40.3 Å². The van der Waals surface area contributed by atoms with Gasteiger partial charge in [0.05, 0.1) is 16.4 Å². The van der Waals surface area contributed by atoms with Gasteiger partial charge in [-0.1, -0.05) is 0 Å². The summed E-state index contributed by atoms with van der Waals surface area (Å²) in [6, 6.07) is 0.297. The molecule has 1 N–H and O–H groups in total. The molecule has 0 aliphatic heterocycles. The monoisotopic (exact) mass is 307 g/mol. The average Bonchev–Trinajstić information content (AvgIpc) is 2.85. The van der Waals surface area contributed by atoms with Crippen molar-refractivity contribution in [1.29, 1.82) is 0 Å². The highest BCUT2D eigenvalue weighted by Gasteiger charge is 2.17. The van der Waals surface area contributed by atoms with Gasteiger partial charge in [-0.15, -0.1) is 11.3 Å². The van der Waals surface area contributed by atoms with E-state index in [1.54, 1.807) is 11.3 Å². The number of thiazole rings is 1. The van der Waals surface area contributed by atoms with Crippen LogP contribution in [0.25, 0.3) is 0 Å². The molecule has 0 aliphatic rings. The number of aryl methyl sites for hydroxylation is 4. The summed E-state index contributed by atoms with van der Waals surface area (Å²) in [5.41, 5.74) is 3.47. The van der Waals surface area contributed by atoms with Crippen LogP contribution in [-0.4, -0.2) is 28.9 Å². The number of nitrogens with one attached hydrogen (secondary N) is 1. The Labute approximate surface area is 131 Å². The maximum Gasteiger partial charge on any atom is 0.130 e. The van der Waals surface area contributed by atoms with Crippen molar-refractivity contribution in [1.82, 2.24) is 20.1 Å². The van der Waals surface area contributed by atoms with Crippen LogP contribution in [0.1, 0.15) is 39.8 Å². The third-order valence-electron chi connectivity index (χ3n) is 3.65. The molecule has 0 aromatic carbocycles. The minimum absolute atomic E-state index is 0.297. The molecule has 6 heteroatoms. The van der Waals surface area contributed by atoms with Crippen LogP contribution >= 0.6 is 11.3 Å². The Morgan fingerprint density at radius 1 is 1.24 bits per heavy atom. The lowest BCUT2D eigenvalue weighted by atomic mass is 10.2.